The Bertz CT molecular complexity index is 1670. The van der Waals surface area contributed by atoms with E-state index >= 15 is 0 Å². The molecular weight excluding hydrogens is 526 g/mol. The van der Waals surface area contributed by atoms with Crippen molar-refractivity contribution in [3.05, 3.63) is 117 Å². The fourth-order valence-corrected chi connectivity index (χ4v) is 5.18. The highest BCUT2D eigenvalue weighted by molar-refractivity contribution is 7.14. The van der Waals surface area contributed by atoms with Crippen molar-refractivity contribution >= 4 is 45.9 Å². The quantitative estimate of drug-likeness (QED) is 0.158. The Hall–Kier alpha value is -4.20. The fourth-order valence-electron chi connectivity index (χ4n) is 4.32. The zero-order chi connectivity index (χ0) is 27.5. The highest BCUT2D eigenvalue weighted by Crippen LogP contribution is 2.28. The molecule has 0 fully saturated rings. The molecule has 39 heavy (non-hydrogen) atoms. The summed E-state index contributed by atoms with van der Waals surface area (Å²) in [5, 5.41) is 10.9. The van der Waals surface area contributed by atoms with Crippen molar-refractivity contribution in [2.45, 2.75) is 27.7 Å². The van der Waals surface area contributed by atoms with Gasteiger partial charge in [-0.1, -0.05) is 29.8 Å². The molecule has 0 saturated carbocycles. The molecular formula is C31H28ClN5OS. The lowest BCUT2D eigenvalue weighted by Gasteiger charge is -2.11. The van der Waals surface area contributed by atoms with E-state index in [0.717, 1.165) is 44.7 Å². The zero-order valence-corrected chi connectivity index (χ0v) is 23.7. The highest BCUT2D eigenvalue weighted by atomic mass is 35.5. The summed E-state index contributed by atoms with van der Waals surface area (Å²) in [7, 11) is 0. The van der Waals surface area contributed by atoms with Gasteiger partial charge in [0.05, 0.1) is 11.9 Å². The molecule has 0 aliphatic heterocycles. The molecule has 2 heterocycles. The monoisotopic (exact) mass is 553 g/mol. The summed E-state index contributed by atoms with van der Waals surface area (Å²) < 4.78 is 2.20. The largest absolute Gasteiger partial charge is 0.332 e. The van der Waals surface area contributed by atoms with Crippen molar-refractivity contribution in [3.63, 3.8) is 0 Å². The van der Waals surface area contributed by atoms with Crippen LogP contribution in [-0.4, -0.2) is 21.7 Å². The van der Waals surface area contributed by atoms with Crippen molar-refractivity contribution in [2.75, 3.05) is 5.32 Å². The Kier molecular flexibility index (Phi) is 7.63. The number of carbonyl (C=O) groups is 1. The lowest BCUT2D eigenvalue weighted by molar-refractivity contribution is 0.0955. The van der Waals surface area contributed by atoms with Crippen LogP contribution < -0.4 is 10.7 Å². The number of hydrogen-bond acceptors (Lipinski definition) is 5. The van der Waals surface area contributed by atoms with Gasteiger partial charge in [-0.3, -0.25) is 4.79 Å². The molecule has 1 amide bonds. The summed E-state index contributed by atoms with van der Waals surface area (Å²) in [4.78, 5) is 17.4. The average molecular weight is 554 g/mol. The van der Waals surface area contributed by atoms with E-state index in [1.807, 2.05) is 41.8 Å². The molecule has 0 aliphatic carbocycles. The number of aromatic nitrogens is 2. The Morgan fingerprint density at radius 3 is 2.41 bits per heavy atom. The van der Waals surface area contributed by atoms with Gasteiger partial charge in [-0.15, -0.1) is 11.3 Å². The third-order valence-electron chi connectivity index (χ3n) is 6.63. The van der Waals surface area contributed by atoms with Crippen LogP contribution in [0, 0.1) is 27.7 Å². The van der Waals surface area contributed by atoms with Gasteiger partial charge >= 0.3 is 0 Å². The predicted octanol–water partition coefficient (Wildman–Crippen LogP) is 8.00. The molecule has 0 unspecified atom stereocenters. The number of carbonyl (C=O) groups excluding carboxylic acids is 1. The van der Waals surface area contributed by atoms with Gasteiger partial charge in [-0.25, -0.2) is 10.4 Å². The van der Waals surface area contributed by atoms with E-state index in [1.165, 1.54) is 22.5 Å². The molecule has 2 aromatic heterocycles. The molecule has 0 atom stereocenters. The van der Waals surface area contributed by atoms with Crippen LogP contribution in [0.15, 0.2) is 83.3 Å². The van der Waals surface area contributed by atoms with E-state index in [2.05, 4.69) is 77.4 Å². The molecule has 8 heteroatoms. The lowest BCUT2D eigenvalue weighted by atomic mass is 10.1. The third kappa shape index (κ3) is 5.95. The maximum absolute atomic E-state index is 12.7. The van der Waals surface area contributed by atoms with E-state index in [4.69, 9.17) is 11.6 Å². The van der Waals surface area contributed by atoms with E-state index < -0.39 is 0 Å². The first kappa shape index (κ1) is 26.4. The van der Waals surface area contributed by atoms with Crippen molar-refractivity contribution in [3.8, 4) is 16.9 Å². The molecule has 0 aliphatic rings. The molecule has 5 rings (SSSR count). The van der Waals surface area contributed by atoms with Crippen LogP contribution >= 0.6 is 22.9 Å². The van der Waals surface area contributed by atoms with E-state index in [-0.39, 0.29) is 5.91 Å². The van der Waals surface area contributed by atoms with Gasteiger partial charge in [0, 0.05) is 49.9 Å². The molecule has 196 valence electrons. The SMILES string of the molecule is Cc1ccc(-n2c(C)cc(/C=N\NC(=O)c3ccc(-c4csc(Nc5ccc(Cl)cc5)n4)cc3)c2C)cc1C. The van der Waals surface area contributed by atoms with E-state index in [9.17, 15) is 4.79 Å². The summed E-state index contributed by atoms with van der Waals surface area (Å²) in [5.74, 6) is -0.274. The lowest BCUT2D eigenvalue weighted by Crippen LogP contribution is -2.17. The summed E-state index contributed by atoms with van der Waals surface area (Å²) in [6.45, 7) is 8.35. The first-order valence-corrected chi connectivity index (χ1v) is 13.7. The van der Waals surface area contributed by atoms with Crippen LogP contribution in [-0.2, 0) is 0 Å². The van der Waals surface area contributed by atoms with Crippen LogP contribution in [0.3, 0.4) is 0 Å². The molecule has 5 aromatic rings. The minimum Gasteiger partial charge on any atom is -0.332 e. The van der Waals surface area contributed by atoms with Crippen molar-refractivity contribution in [2.24, 2.45) is 5.10 Å². The second kappa shape index (κ2) is 11.3. The fraction of sp³-hybridized carbons (Fsp3) is 0.129. The highest BCUT2D eigenvalue weighted by Gasteiger charge is 2.11. The van der Waals surface area contributed by atoms with Gasteiger partial charge in [0.25, 0.3) is 5.91 Å². The minimum atomic E-state index is -0.274. The summed E-state index contributed by atoms with van der Waals surface area (Å²) >= 11 is 7.47. The molecule has 0 saturated heterocycles. The Labute approximate surface area is 237 Å². The van der Waals surface area contributed by atoms with Crippen molar-refractivity contribution in [1.82, 2.24) is 15.0 Å². The number of nitrogens with zero attached hydrogens (tertiary/aromatic N) is 3. The summed E-state index contributed by atoms with van der Waals surface area (Å²) in [6.07, 6.45) is 1.69. The van der Waals surface area contributed by atoms with Gasteiger partial charge in [0.1, 0.15) is 0 Å². The first-order valence-electron chi connectivity index (χ1n) is 12.5. The maximum Gasteiger partial charge on any atom is 0.271 e. The maximum atomic E-state index is 12.7. The van der Waals surface area contributed by atoms with Crippen LogP contribution in [0.1, 0.15) is 38.4 Å². The van der Waals surface area contributed by atoms with Crippen molar-refractivity contribution in [1.29, 1.82) is 0 Å². The topological polar surface area (TPSA) is 71.3 Å². The zero-order valence-electron chi connectivity index (χ0n) is 22.1. The second-order valence-electron chi connectivity index (χ2n) is 9.38. The van der Waals surface area contributed by atoms with Gasteiger partial charge < -0.3 is 9.88 Å². The number of amides is 1. The molecule has 0 radical (unpaired) electrons. The Morgan fingerprint density at radius 1 is 0.949 bits per heavy atom. The molecule has 2 N–H and O–H groups in total. The van der Waals surface area contributed by atoms with Gasteiger partial charge in [-0.05, 0) is 93.4 Å². The molecule has 3 aromatic carbocycles. The number of thiazole rings is 1. The Morgan fingerprint density at radius 2 is 1.69 bits per heavy atom. The molecule has 0 spiro atoms. The van der Waals surface area contributed by atoms with Crippen LogP contribution in [0.5, 0.6) is 0 Å². The normalized spacial score (nSPS) is 11.2. The molecule has 6 nitrogen and oxygen atoms in total. The second-order valence-corrected chi connectivity index (χ2v) is 10.7. The number of anilines is 2. The number of nitrogens with one attached hydrogen (secondary N) is 2. The average Bonchev–Trinajstić information content (AvgIpc) is 3.50. The van der Waals surface area contributed by atoms with E-state index in [0.29, 0.717) is 10.6 Å². The van der Waals surface area contributed by atoms with Crippen LogP contribution in [0.25, 0.3) is 16.9 Å². The molecule has 0 bridgehead atoms. The summed E-state index contributed by atoms with van der Waals surface area (Å²) in [5.41, 5.74) is 12.6. The number of rotatable bonds is 7. The number of benzene rings is 3. The van der Waals surface area contributed by atoms with Crippen molar-refractivity contribution < 1.29 is 4.79 Å². The van der Waals surface area contributed by atoms with Crippen LogP contribution in [0.4, 0.5) is 10.8 Å². The minimum absolute atomic E-state index is 0.274. The van der Waals surface area contributed by atoms with Gasteiger partial charge in [0.15, 0.2) is 5.13 Å². The first-order chi connectivity index (χ1) is 18.8. The Balaban J connectivity index is 1.23. The number of hydrogen-bond donors (Lipinski definition) is 2. The van der Waals surface area contributed by atoms with E-state index in [1.54, 1.807) is 18.3 Å². The number of hydrazone groups is 1. The summed E-state index contributed by atoms with van der Waals surface area (Å²) in [6, 6.07) is 23.3. The smallest absolute Gasteiger partial charge is 0.271 e. The van der Waals surface area contributed by atoms with Gasteiger partial charge in [0.2, 0.25) is 0 Å². The van der Waals surface area contributed by atoms with Crippen LogP contribution in [0.2, 0.25) is 5.02 Å². The predicted molar refractivity (Wildman–Crippen MR) is 162 cm³/mol. The van der Waals surface area contributed by atoms with Gasteiger partial charge in [-0.2, -0.15) is 5.10 Å². The third-order valence-corrected chi connectivity index (χ3v) is 7.64. The number of aryl methyl sites for hydroxylation is 3. The standard InChI is InChI=1S/C31H28ClN5OS/c1-19-5-14-28(15-20(19)2)37-21(3)16-25(22(37)4)17-33-36-30(38)24-8-6-23(7-9-24)29-18-39-31(35-29)34-27-12-10-26(32)11-13-27/h5-18H,1-4H3,(H,34,35)(H,36,38)/b33-17-. The number of halogens is 1.